The highest BCUT2D eigenvalue weighted by Gasteiger charge is 2.01. The molecule has 0 unspecified atom stereocenters. The zero-order chi connectivity index (χ0) is 10.2. The Morgan fingerprint density at radius 3 is 3.07 bits per heavy atom. The van der Waals surface area contributed by atoms with Crippen LogP contribution in [0.2, 0.25) is 0 Å². The predicted octanol–water partition coefficient (Wildman–Crippen LogP) is 2.26. The second kappa shape index (κ2) is 6.26. The van der Waals surface area contributed by atoms with E-state index in [0.29, 0.717) is 0 Å². The van der Waals surface area contributed by atoms with Crippen molar-refractivity contribution in [1.82, 2.24) is 0 Å². The van der Waals surface area contributed by atoms with E-state index < -0.39 is 0 Å². The van der Waals surface area contributed by atoms with Gasteiger partial charge in [-0.15, -0.1) is 0 Å². The predicted molar refractivity (Wildman–Crippen MR) is 55.3 cm³/mol. The van der Waals surface area contributed by atoms with Crippen LogP contribution in [0.4, 0.5) is 0 Å². The van der Waals surface area contributed by atoms with Crippen molar-refractivity contribution in [3.8, 4) is 11.8 Å². The van der Waals surface area contributed by atoms with Crippen LogP contribution in [0.15, 0.2) is 11.6 Å². The van der Waals surface area contributed by atoms with Crippen molar-refractivity contribution in [3.05, 3.63) is 18.1 Å². The van der Waals surface area contributed by atoms with Crippen LogP contribution in [0.1, 0.15) is 32.1 Å². The van der Waals surface area contributed by atoms with E-state index in [4.69, 9.17) is 0 Å². The average Bonchev–Trinajstić information content (AvgIpc) is 2.25. The van der Waals surface area contributed by atoms with Gasteiger partial charge in [-0.1, -0.05) is 23.5 Å². The second-order valence-electron chi connectivity index (χ2n) is 3.21. The lowest BCUT2D eigenvalue weighted by atomic mass is 9.97. The van der Waals surface area contributed by atoms with E-state index in [1.54, 1.807) is 0 Å². The van der Waals surface area contributed by atoms with E-state index in [1.807, 2.05) is 0 Å². The van der Waals surface area contributed by atoms with E-state index >= 15 is 0 Å². The number of esters is 1. The van der Waals surface area contributed by atoms with Crippen LogP contribution in [0.25, 0.3) is 0 Å². The first-order valence-electron chi connectivity index (χ1n) is 4.85. The summed E-state index contributed by atoms with van der Waals surface area (Å²) in [5.41, 5.74) is 1.39. The Morgan fingerprint density at radius 2 is 2.43 bits per heavy atom. The first-order chi connectivity index (χ1) is 6.83. The lowest BCUT2D eigenvalue weighted by Crippen LogP contribution is -1.97. The summed E-state index contributed by atoms with van der Waals surface area (Å²) in [7, 11) is 1.38. The normalized spacial score (nSPS) is 15.1. The highest BCUT2D eigenvalue weighted by atomic mass is 16.5. The van der Waals surface area contributed by atoms with Crippen LogP contribution >= 0.6 is 0 Å². The molecular formula is C12H15O2. The van der Waals surface area contributed by atoms with E-state index in [2.05, 4.69) is 29.1 Å². The molecule has 0 aromatic rings. The Hall–Kier alpha value is -1.23. The van der Waals surface area contributed by atoms with Gasteiger partial charge in [0.1, 0.15) is 6.42 Å². The molecule has 0 aromatic carbocycles. The third-order valence-corrected chi connectivity index (χ3v) is 2.14. The number of carbonyl (C=O) groups excluding carboxylic acids is 1. The van der Waals surface area contributed by atoms with Gasteiger partial charge in [0.2, 0.25) is 0 Å². The van der Waals surface area contributed by atoms with Gasteiger partial charge in [0.15, 0.2) is 0 Å². The number of methoxy groups -OCH3 is 1. The van der Waals surface area contributed by atoms with Crippen LogP contribution in [-0.2, 0) is 9.53 Å². The molecule has 2 heteroatoms. The Bertz CT molecular complexity index is 278. The minimum absolute atomic E-state index is 0.204. The van der Waals surface area contributed by atoms with Crippen molar-refractivity contribution in [2.75, 3.05) is 7.11 Å². The highest BCUT2D eigenvalue weighted by molar-refractivity contribution is 5.72. The molecule has 0 saturated heterocycles. The monoisotopic (exact) mass is 191 g/mol. The molecule has 0 amide bonds. The second-order valence-corrected chi connectivity index (χ2v) is 3.21. The number of hydrogen-bond acceptors (Lipinski definition) is 2. The molecule has 0 bridgehead atoms. The van der Waals surface area contributed by atoms with E-state index in [9.17, 15) is 4.79 Å². The maximum atomic E-state index is 10.7. The molecule has 1 aliphatic carbocycles. The molecule has 0 fully saturated rings. The number of rotatable bonds is 2. The number of hydrogen-bond donors (Lipinski definition) is 0. The van der Waals surface area contributed by atoms with Crippen molar-refractivity contribution in [1.29, 1.82) is 0 Å². The largest absolute Gasteiger partial charge is 0.468 e. The Kier molecular flexibility index (Phi) is 4.85. The zero-order valence-electron chi connectivity index (χ0n) is 8.51. The van der Waals surface area contributed by atoms with E-state index in [0.717, 1.165) is 25.7 Å². The smallest absolute Gasteiger partial charge is 0.317 e. The summed E-state index contributed by atoms with van der Waals surface area (Å²) in [5, 5.41) is 0. The molecule has 0 aliphatic heterocycles. The SMILES string of the molecule is COC(=O)CC#CCC1=CC[CH]CC1. The first-order valence-corrected chi connectivity index (χ1v) is 4.85. The quantitative estimate of drug-likeness (QED) is 0.380. The summed E-state index contributed by atoms with van der Waals surface area (Å²) < 4.78 is 4.48. The average molecular weight is 191 g/mol. The van der Waals surface area contributed by atoms with Crippen molar-refractivity contribution >= 4 is 5.97 Å². The molecular weight excluding hydrogens is 176 g/mol. The van der Waals surface area contributed by atoms with Crippen molar-refractivity contribution < 1.29 is 9.53 Å². The fourth-order valence-electron chi connectivity index (χ4n) is 1.30. The maximum absolute atomic E-state index is 10.7. The standard InChI is InChI=1S/C12H15O2/c1-14-12(13)10-6-5-9-11-7-3-2-4-8-11/h2,7H,3-4,8-10H2,1H3. The topological polar surface area (TPSA) is 26.3 Å². The number of ether oxygens (including phenoxy) is 1. The van der Waals surface area contributed by atoms with Gasteiger partial charge in [0.25, 0.3) is 0 Å². The molecule has 0 saturated carbocycles. The highest BCUT2D eigenvalue weighted by Crippen LogP contribution is 2.18. The molecule has 0 spiro atoms. The Balaban J connectivity index is 2.24. The van der Waals surface area contributed by atoms with Gasteiger partial charge in [-0.25, -0.2) is 0 Å². The van der Waals surface area contributed by atoms with Gasteiger partial charge in [-0.3, -0.25) is 4.79 Å². The first kappa shape index (κ1) is 10.8. The van der Waals surface area contributed by atoms with Crippen LogP contribution < -0.4 is 0 Å². The molecule has 2 nitrogen and oxygen atoms in total. The van der Waals surface area contributed by atoms with Gasteiger partial charge in [-0.05, 0) is 25.7 Å². The molecule has 0 N–H and O–H groups in total. The van der Waals surface area contributed by atoms with Gasteiger partial charge >= 0.3 is 5.97 Å². The van der Waals surface area contributed by atoms with Gasteiger partial charge in [0, 0.05) is 6.42 Å². The number of allylic oxidation sites excluding steroid dienone is 2. The molecule has 1 radical (unpaired) electrons. The summed E-state index contributed by atoms with van der Waals surface area (Å²) in [5.74, 6) is 5.53. The lowest BCUT2D eigenvalue weighted by Gasteiger charge is -2.08. The molecule has 14 heavy (non-hydrogen) atoms. The van der Waals surface area contributed by atoms with E-state index in [-0.39, 0.29) is 12.4 Å². The molecule has 0 atom stereocenters. The van der Waals surface area contributed by atoms with Crippen molar-refractivity contribution in [2.45, 2.75) is 32.1 Å². The van der Waals surface area contributed by atoms with Crippen molar-refractivity contribution in [3.63, 3.8) is 0 Å². The van der Waals surface area contributed by atoms with Gasteiger partial charge in [0.05, 0.1) is 7.11 Å². The third-order valence-electron chi connectivity index (χ3n) is 2.14. The van der Waals surface area contributed by atoms with Crippen molar-refractivity contribution in [2.24, 2.45) is 0 Å². The van der Waals surface area contributed by atoms with Crippen LogP contribution in [0.3, 0.4) is 0 Å². The summed E-state index contributed by atoms with van der Waals surface area (Å²) in [4.78, 5) is 10.7. The lowest BCUT2D eigenvalue weighted by molar-refractivity contribution is -0.139. The summed E-state index contributed by atoms with van der Waals surface area (Å²) in [6, 6.07) is 0. The molecule has 0 aromatic heterocycles. The number of carbonyl (C=O) groups is 1. The van der Waals surface area contributed by atoms with Gasteiger partial charge < -0.3 is 4.74 Å². The fraction of sp³-hybridized carbons (Fsp3) is 0.500. The summed E-state index contributed by atoms with van der Waals surface area (Å²) in [6.45, 7) is 0. The van der Waals surface area contributed by atoms with Crippen LogP contribution in [0, 0.1) is 18.3 Å². The van der Waals surface area contributed by atoms with Crippen LogP contribution in [0.5, 0.6) is 0 Å². The third kappa shape index (κ3) is 4.13. The molecule has 1 rings (SSSR count). The van der Waals surface area contributed by atoms with Crippen LogP contribution in [-0.4, -0.2) is 13.1 Å². The van der Waals surface area contributed by atoms with Gasteiger partial charge in [-0.2, -0.15) is 0 Å². The zero-order valence-corrected chi connectivity index (χ0v) is 8.51. The van der Waals surface area contributed by atoms with E-state index in [1.165, 1.54) is 12.7 Å². The Morgan fingerprint density at radius 1 is 1.57 bits per heavy atom. The molecule has 0 heterocycles. The molecule has 75 valence electrons. The Labute approximate surface area is 85.3 Å². The molecule has 1 aliphatic rings. The summed E-state index contributed by atoms with van der Waals surface area (Å²) >= 11 is 0. The maximum Gasteiger partial charge on any atom is 0.317 e. The summed E-state index contributed by atoms with van der Waals surface area (Å²) in [6.07, 6.45) is 8.83. The fourth-order valence-corrected chi connectivity index (χ4v) is 1.30. The minimum Gasteiger partial charge on any atom is -0.468 e. The minimum atomic E-state index is -0.261.